The van der Waals surface area contributed by atoms with Gasteiger partial charge >= 0.3 is 0 Å². The molecule has 1 saturated carbocycles. The summed E-state index contributed by atoms with van der Waals surface area (Å²) in [6.07, 6.45) is 5.30. The van der Waals surface area contributed by atoms with E-state index in [2.05, 4.69) is 20.7 Å². The third-order valence-corrected chi connectivity index (χ3v) is 5.61. The summed E-state index contributed by atoms with van der Waals surface area (Å²) in [5, 5.41) is 0.994. The second-order valence-corrected chi connectivity index (χ2v) is 7.20. The van der Waals surface area contributed by atoms with Crippen LogP contribution >= 0.6 is 15.9 Å². The molecule has 0 aromatic carbocycles. The van der Waals surface area contributed by atoms with Gasteiger partial charge in [0, 0.05) is 11.9 Å². The maximum atomic E-state index is 11.6. The molecule has 0 spiro atoms. The Morgan fingerprint density at radius 3 is 2.62 bits per heavy atom. The summed E-state index contributed by atoms with van der Waals surface area (Å²) in [4.78, 5) is 0. The van der Waals surface area contributed by atoms with Crippen LogP contribution in [0.3, 0.4) is 0 Å². The van der Waals surface area contributed by atoms with Crippen LogP contribution in [0.1, 0.15) is 39.0 Å². The van der Waals surface area contributed by atoms with E-state index in [0.717, 1.165) is 24.6 Å². The Balaban J connectivity index is 2.33. The Hall–Kier alpha value is 0.390. The molecule has 0 heterocycles. The van der Waals surface area contributed by atoms with E-state index in [-0.39, 0.29) is 5.75 Å². The number of unbranched alkanes of at least 4 members (excludes halogenated alkanes) is 1. The average molecular weight is 312 g/mol. The summed E-state index contributed by atoms with van der Waals surface area (Å²) in [6.45, 7) is 2.63. The van der Waals surface area contributed by atoms with Gasteiger partial charge in [0.1, 0.15) is 0 Å². The van der Waals surface area contributed by atoms with E-state index in [4.69, 9.17) is 0 Å². The van der Waals surface area contributed by atoms with Crippen molar-refractivity contribution in [2.24, 2.45) is 11.8 Å². The van der Waals surface area contributed by atoms with Crippen LogP contribution in [0.5, 0.6) is 0 Å². The van der Waals surface area contributed by atoms with E-state index in [0.29, 0.717) is 18.4 Å². The van der Waals surface area contributed by atoms with Crippen LogP contribution < -0.4 is 4.72 Å². The number of nitrogens with one attached hydrogen (secondary N) is 1. The van der Waals surface area contributed by atoms with Crippen LogP contribution in [0.2, 0.25) is 0 Å². The van der Waals surface area contributed by atoms with Crippen molar-refractivity contribution in [3.05, 3.63) is 0 Å². The molecule has 0 saturated heterocycles. The van der Waals surface area contributed by atoms with E-state index in [9.17, 15) is 8.42 Å². The van der Waals surface area contributed by atoms with Gasteiger partial charge in [0.2, 0.25) is 10.0 Å². The highest BCUT2D eigenvalue weighted by Gasteiger charge is 2.27. The fraction of sp³-hybridized carbons (Fsp3) is 1.00. The summed E-state index contributed by atoms with van der Waals surface area (Å²) in [7, 11) is -3.03. The molecule has 1 aliphatic carbocycles. The normalized spacial score (nSPS) is 26.1. The number of alkyl halides is 1. The lowest BCUT2D eigenvalue weighted by Gasteiger charge is -2.17. The smallest absolute Gasteiger partial charge is 0.211 e. The van der Waals surface area contributed by atoms with Gasteiger partial charge in [-0.3, -0.25) is 0 Å². The fourth-order valence-electron chi connectivity index (χ4n) is 2.23. The number of rotatable bonds is 7. The minimum atomic E-state index is -3.03. The topological polar surface area (TPSA) is 46.2 Å². The van der Waals surface area contributed by atoms with Gasteiger partial charge in [-0.15, -0.1) is 0 Å². The molecule has 3 nitrogen and oxygen atoms in total. The second-order valence-electron chi connectivity index (χ2n) is 4.63. The molecule has 0 aromatic heterocycles. The van der Waals surface area contributed by atoms with Crippen molar-refractivity contribution in [1.29, 1.82) is 0 Å². The summed E-state index contributed by atoms with van der Waals surface area (Å²) < 4.78 is 26.0. The predicted molar refractivity (Wildman–Crippen MR) is 71.3 cm³/mol. The van der Waals surface area contributed by atoms with Crippen molar-refractivity contribution in [3.8, 4) is 0 Å². The van der Waals surface area contributed by atoms with Crippen LogP contribution in [0.25, 0.3) is 0 Å². The maximum Gasteiger partial charge on any atom is 0.211 e. The standard InChI is InChI=1S/C11H22BrNO2S/c1-2-3-7-16(14,15)13-9-11-6-4-5-10(11)8-12/h10-11,13H,2-9H2,1H3. The monoisotopic (exact) mass is 311 g/mol. The van der Waals surface area contributed by atoms with Crippen LogP contribution in [-0.2, 0) is 10.0 Å². The Morgan fingerprint density at radius 1 is 1.31 bits per heavy atom. The predicted octanol–water partition coefficient (Wildman–Crippen LogP) is 2.52. The first-order chi connectivity index (χ1) is 7.59. The molecule has 2 atom stereocenters. The molecule has 1 rings (SSSR count). The number of halogens is 1. The highest BCUT2D eigenvalue weighted by Crippen LogP contribution is 2.32. The highest BCUT2D eigenvalue weighted by molar-refractivity contribution is 9.09. The first-order valence-corrected chi connectivity index (χ1v) is 8.89. The molecule has 2 unspecified atom stereocenters. The summed E-state index contributed by atoms with van der Waals surface area (Å²) in [6, 6.07) is 0. The Morgan fingerprint density at radius 2 is 2.00 bits per heavy atom. The van der Waals surface area contributed by atoms with Gasteiger partial charge in [0.05, 0.1) is 5.75 Å². The van der Waals surface area contributed by atoms with E-state index in [1.807, 2.05) is 6.92 Å². The van der Waals surface area contributed by atoms with Crippen LogP contribution in [0, 0.1) is 11.8 Å². The van der Waals surface area contributed by atoms with Crippen molar-refractivity contribution in [2.45, 2.75) is 39.0 Å². The van der Waals surface area contributed by atoms with Crippen molar-refractivity contribution < 1.29 is 8.42 Å². The first-order valence-electron chi connectivity index (χ1n) is 6.12. The highest BCUT2D eigenvalue weighted by atomic mass is 79.9. The van der Waals surface area contributed by atoms with Gasteiger partial charge in [-0.25, -0.2) is 13.1 Å². The molecule has 0 aromatic rings. The molecular weight excluding hydrogens is 290 g/mol. The SMILES string of the molecule is CCCCS(=O)(=O)NCC1CCCC1CBr. The van der Waals surface area contributed by atoms with E-state index >= 15 is 0 Å². The maximum absolute atomic E-state index is 11.6. The molecule has 0 radical (unpaired) electrons. The average Bonchev–Trinajstić information content (AvgIpc) is 2.71. The van der Waals surface area contributed by atoms with Crippen LogP contribution in [0.4, 0.5) is 0 Å². The van der Waals surface area contributed by atoms with E-state index in [1.165, 1.54) is 12.8 Å². The fourth-order valence-corrected chi connectivity index (χ4v) is 4.36. The minimum absolute atomic E-state index is 0.273. The van der Waals surface area contributed by atoms with Gasteiger partial charge in [-0.05, 0) is 31.1 Å². The molecule has 0 amide bonds. The van der Waals surface area contributed by atoms with Crippen molar-refractivity contribution in [1.82, 2.24) is 4.72 Å². The van der Waals surface area contributed by atoms with Gasteiger partial charge in [0.25, 0.3) is 0 Å². The largest absolute Gasteiger partial charge is 0.215 e. The summed E-state index contributed by atoms with van der Waals surface area (Å²) in [5.41, 5.74) is 0. The molecule has 1 aliphatic rings. The van der Waals surface area contributed by atoms with Crippen molar-refractivity contribution in [2.75, 3.05) is 17.6 Å². The van der Waals surface area contributed by atoms with Gasteiger partial charge in [0.15, 0.2) is 0 Å². The van der Waals surface area contributed by atoms with Gasteiger partial charge in [-0.2, -0.15) is 0 Å². The Kier molecular flexibility index (Phi) is 6.29. The van der Waals surface area contributed by atoms with Gasteiger partial charge in [-0.1, -0.05) is 35.7 Å². The molecule has 96 valence electrons. The minimum Gasteiger partial charge on any atom is -0.215 e. The van der Waals surface area contributed by atoms with Crippen molar-refractivity contribution in [3.63, 3.8) is 0 Å². The van der Waals surface area contributed by atoms with E-state index in [1.54, 1.807) is 0 Å². The molecule has 5 heteroatoms. The molecule has 16 heavy (non-hydrogen) atoms. The lowest BCUT2D eigenvalue weighted by molar-refractivity contribution is 0.422. The Labute approximate surface area is 108 Å². The summed E-state index contributed by atoms with van der Waals surface area (Å²) >= 11 is 3.50. The van der Waals surface area contributed by atoms with E-state index < -0.39 is 10.0 Å². The van der Waals surface area contributed by atoms with Crippen molar-refractivity contribution >= 4 is 26.0 Å². The molecule has 0 bridgehead atoms. The number of hydrogen-bond acceptors (Lipinski definition) is 2. The molecule has 1 fully saturated rings. The third kappa shape index (κ3) is 4.72. The zero-order chi connectivity index (χ0) is 12.0. The Bertz CT molecular complexity index is 292. The molecule has 0 aliphatic heterocycles. The number of sulfonamides is 1. The third-order valence-electron chi connectivity index (χ3n) is 3.35. The zero-order valence-electron chi connectivity index (χ0n) is 9.91. The van der Waals surface area contributed by atoms with Crippen LogP contribution in [-0.4, -0.2) is 26.0 Å². The second kappa shape index (κ2) is 6.97. The zero-order valence-corrected chi connectivity index (χ0v) is 12.3. The summed E-state index contributed by atoms with van der Waals surface area (Å²) in [5.74, 6) is 1.44. The lowest BCUT2D eigenvalue weighted by Crippen LogP contribution is -2.32. The first kappa shape index (κ1) is 14.5. The number of hydrogen-bond donors (Lipinski definition) is 1. The van der Waals surface area contributed by atoms with Gasteiger partial charge < -0.3 is 0 Å². The molecular formula is C11H22BrNO2S. The molecule has 1 N–H and O–H groups in total. The lowest BCUT2D eigenvalue weighted by atomic mass is 9.99. The quantitative estimate of drug-likeness (QED) is 0.734. The van der Waals surface area contributed by atoms with Crippen LogP contribution in [0.15, 0.2) is 0 Å².